The molecule has 1 aromatic rings. The van der Waals surface area contributed by atoms with Crippen LogP contribution >= 0.6 is 0 Å². The van der Waals surface area contributed by atoms with Crippen molar-refractivity contribution in [2.24, 2.45) is 0 Å². The van der Waals surface area contributed by atoms with Gasteiger partial charge in [-0.2, -0.15) is 8.78 Å². The van der Waals surface area contributed by atoms with Crippen molar-refractivity contribution in [1.82, 2.24) is 0 Å². The minimum absolute atomic E-state index is 0.0210. The summed E-state index contributed by atoms with van der Waals surface area (Å²) in [7, 11) is -3.10. The summed E-state index contributed by atoms with van der Waals surface area (Å²) in [5.74, 6) is -0.00607. The van der Waals surface area contributed by atoms with Gasteiger partial charge in [-0.05, 0) is 17.7 Å². The number of hydrogen-bond donors (Lipinski definition) is 0. The molecule has 3 nitrogen and oxygen atoms in total. The average molecular weight is 250 g/mol. The van der Waals surface area contributed by atoms with Crippen molar-refractivity contribution in [1.29, 1.82) is 0 Å². The predicted molar refractivity (Wildman–Crippen MR) is 56.2 cm³/mol. The van der Waals surface area contributed by atoms with E-state index in [-0.39, 0.29) is 17.3 Å². The van der Waals surface area contributed by atoms with Crippen molar-refractivity contribution in [3.8, 4) is 5.75 Å². The van der Waals surface area contributed by atoms with Crippen molar-refractivity contribution in [2.75, 3.05) is 5.75 Å². The van der Waals surface area contributed by atoms with E-state index in [4.69, 9.17) is 0 Å². The molecular formula is C10H12F2O3S. The van der Waals surface area contributed by atoms with Crippen molar-refractivity contribution >= 4 is 9.84 Å². The summed E-state index contributed by atoms with van der Waals surface area (Å²) in [6, 6.07) is 5.58. The van der Waals surface area contributed by atoms with Gasteiger partial charge in [0, 0.05) is 5.75 Å². The number of sulfone groups is 1. The van der Waals surface area contributed by atoms with Gasteiger partial charge in [-0.15, -0.1) is 0 Å². The van der Waals surface area contributed by atoms with Crippen molar-refractivity contribution < 1.29 is 21.9 Å². The van der Waals surface area contributed by atoms with E-state index in [1.54, 1.807) is 6.92 Å². The van der Waals surface area contributed by atoms with E-state index in [0.29, 0.717) is 5.56 Å². The summed E-state index contributed by atoms with van der Waals surface area (Å²) in [6.45, 7) is -1.31. The normalized spacial score (nSPS) is 11.8. The zero-order chi connectivity index (χ0) is 12.2. The predicted octanol–water partition coefficient (Wildman–Crippen LogP) is 2.22. The van der Waals surface area contributed by atoms with Crippen LogP contribution in [0.2, 0.25) is 0 Å². The molecule has 0 saturated carbocycles. The topological polar surface area (TPSA) is 43.4 Å². The SMILES string of the molecule is CCS(=O)(=O)Cc1ccc(OC(F)F)cc1. The number of hydrogen-bond acceptors (Lipinski definition) is 3. The molecule has 0 heterocycles. The molecular weight excluding hydrogens is 238 g/mol. The standard InChI is InChI=1S/C10H12F2O3S/c1-2-16(13,14)7-8-3-5-9(6-4-8)15-10(11)12/h3-6,10H,2,7H2,1H3. The minimum Gasteiger partial charge on any atom is -0.435 e. The summed E-state index contributed by atoms with van der Waals surface area (Å²) < 4.78 is 50.4. The van der Waals surface area contributed by atoms with E-state index in [0.717, 1.165) is 0 Å². The Bertz CT molecular complexity index is 426. The van der Waals surface area contributed by atoms with Gasteiger partial charge in [0.1, 0.15) is 5.75 Å². The van der Waals surface area contributed by atoms with Gasteiger partial charge in [0.15, 0.2) is 9.84 Å². The van der Waals surface area contributed by atoms with Crippen molar-refractivity contribution in [3.05, 3.63) is 29.8 Å². The third-order valence-electron chi connectivity index (χ3n) is 1.97. The molecule has 0 fully saturated rings. The van der Waals surface area contributed by atoms with Gasteiger partial charge in [0.05, 0.1) is 5.75 Å². The molecule has 0 unspecified atom stereocenters. The Hall–Kier alpha value is -1.17. The Morgan fingerprint density at radius 1 is 1.25 bits per heavy atom. The Balaban J connectivity index is 2.72. The minimum atomic E-state index is -3.10. The molecule has 1 aromatic carbocycles. The molecule has 0 spiro atoms. The van der Waals surface area contributed by atoms with Crippen LogP contribution in [-0.2, 0) is 15.6 Å². The fraction of sp³-hybridized carbons (Fsp3) is 0.400. The zero-order valence-corrected chi connectivity index (χ0v) is 9.51. The summed E-state index contributed by atoms with van der Waals surface area (Å²) in [6.07, 6.45) is 0. The van der Waals surface area contributed by atoms with Crippen LogP contribution in [0, 0.1) is 0 Å². The maximum absolute atomic E-state index is 11.8. The van der Waals surface area contributed by atoms with Gasteiger partial charge >= 0.3 is 6.61 Å². The number of halogens is 2. The fourth-order valence-electron chi connectivity index (χ4n) is 1.12. The summed E-state index contributed by atoms with van der Waals surface area (Å²) in [5, 5.41) is 0. The second-order valence-corrected chi connectivity index (χ2v) is 5.55. The molecule has 0 N–H and O–H groups in total. The first-order valence-corrected chi connectivity index (χ1v) is 6.49. The lowest BCUT2D eigenvalue weighted by Gasteiger charge is -2.05. The lowest BCUT2D eigenvalue weighted by Crippen LogP contribution is -2.06. The van der Waals surface area contributed by atoms with Crippen LogP contribution in [0.1, 0.15) is 12.5 Å². The first-order chi connectivity index (χ1) is 7.43. The number of ether oxygens (including phenoxy) is 1. The zero-order valence-electron chi connectivity index (χ0n) is 8.69. The van der Waals surface area contributed by atoms with Crippen LogP contribution in [0.5, 0.6) is 5.75 Å². The average Bonchev–Trinajstić information content (AvgIpc) is 2.20. The highest BCUT2D eigenvalue weighted by Gasteiger charge is 2.09. The number of benzene rings is 1. The summed E-state index contributed by atoms with van der Waals surface area (Å²) >= 11 is 0. The Morgan fingerprint density at radius 2 is 1.81 bits per heavy atom. The van der Waals surface area contributed by atoms with E-state index < -0.39 is 16.4 Å². The molecule has 0 aliphatic carbocycles. The van der Waals surface area contributed by atoms with Gasteiger partial charge in [-0.25, -0.2) is 8.42 Å². The molecule has 16 heavy (non-hydrogen) atoms. The lowest BCUT2D eigenvalue weighted by molar-refractivity contribution is -0.0498. The Labute approximate surface area is 93.0 Å². The van der Waals surface area contributed by atoms with Gasteiger partial charge < -0.3 is 4.74 Å². The van der Waals surface area contributed by atoms with E-state index in [1.165, 1.54) is 24.3 Å². The molecule has 1 rings (SSSR count). The summed E-state index contributed by atoms with van der Waals surface area (Å²) in [5.41, 5.74) is 0.559. The first-order valence-electron chi connectivity index (χ1n) is 4.67. The molecule has 0 radical (unpaired) electrons. The largest absolute Gasteiger partial charge is 0.435 e. The second-order valence-electron chi connectivity index (χ2n) is 3.20. The molecule has 0 aromatic heterocycles. The highest BCUT2D eigenvalue weighted by Crippen LogP contribution is 2.16. The molecule has 90 valence electrons. The van der Waals surface area contributed by atoms with Gasteiger partial charge in [0.2, 0.25) is 0 Å². The Morgan fingerprint density at radius 3 is 2.25 bits per heavy atom. The number of alkyl halides is 2. The van der Waals surface area contributed by atoms with E-state index in [2.05, 4.69) is 4.74 Å². The number of rotatable bonds is 5. The molecule has 0 aliphatic heterocycles. The smallest absolute Gasteiger partial charge is 0.387 e. The van der Waals surface area contributed by atoms with E-state index in [1.807, 2.05) is 0 Å². The maximum atomic E-state index is 11.8. The van der Waals surface area contributed by atoms with Crippen molar-refractivity contribution in [2.45, 2.75) is 19.3 Å². The van der Waals surface area contributed by atoms with Crippen molar-refractivity contribution in [3.63, 3.8) is 0 Å². The molecule has 0 amide bonds. The fourth-order valence-corrected chi connectivity index (χ4v) is 2.03. The third kappa shape index (κ3) is 4.14. The molecule has 0 bridgehead atoms. The first kappa shape index (κ1) is 12.9. The van der Waals surface area contributed by atoms with Gasteiger partial charge in [0.25, 0.3) is 0 Å². The van der Waals surface area contributed by atoms with Crippen LogP contribution in [-0.4, -0.2) is 20.8 Å². The van der Waals surface area contributed by atoms with Gasteiger partial charge in [-0.3, -0.25) is 0 Å². The highest BCUT2D eigenvalue weighted by molar-refractivity contribution is 7.90. The van der Waals surface area contributed by atoms with Gasteiger partial charge in [-0.1, -0.05) is 19.1 Å². The van der Waals surface area contributed by atoms with E-state index in [9.17, 15) is 17.2 Å². The van der Waals surface area contributed by atoms with Crippen LogP contribution < -0.4 is 4.74 Å². The van der Waals surface area contributed by atoms with Crippen LogP contribution in [0.3, 0.4) is 0 Å². The van der Waals surface area contributed by atoms with Crippen LogP contribution in [0.15, 0.2) is 24.3 Å². The van der Waals surface area contributed by atoms with E-state index >= 15 is 0 Å². The summed E-state index contributed by atoms with van der Waals surface area (Å²) in [4.78, 5) is 0. The lowest BCUT2D eigenvalue weighted by atomic mass is 10.2. The Kier molecular flexibility index (Phi) is 4.23. The quantitative estimate of drug-likeness (QED) is 0.804. The molecule has 0 saturated heterocycles. The monoisotopic (exact) mass is 250 g/mol. The molecule has 6 heteroatoms. The molecule has 0 atom stereocenters. The molecule has 0 aliphatic rings. The van der Waals surface area contributed by atoms with Crippen LogP contribution in [0.25, 0.3) is 0 Å². The highest BCUT2D eigenvalue weighted by atomic mass is 32.2. The maximum Gasteiger partial charge on any atom is 0.387 e. The van der Waals surface area contributed by atoms with Crippen LogP contribution in [0.4, 0.5) is 8.78 Å². The second kappa shape index (κ2) is 5.25. The third-order valence-corrected chi connectivity index (χ3v) is 3.63.